The van der Waals surface area contributed by atoms with Crippen LogP contribution in [0.25, 0.3) is 0 Å². The van der Waals surface area contributed by atoms with Crippen LogP contribution in [0.3, 0.4) is 0 Å². The van der Waals surface area contributed by atoms with Gasteiger partial charge in [0.15, 0.2) is 0 Å². The van der Waals surface area contributed by atoms with E-state index in [2.05, 4.69) is 11.9 Å². The lowest BCUT2D eigenvalue weighted by Crippen LogP contribution is -2.44. The van der Waals surface area contributed by atoms with Crippen molar-refractivity contribution in [2.75, 3.05) is 32.0 Å². The minimum atomic E-state index is -3.31. The summed E-state index contributed by atoms with van der Waals surface area (Å²) in [4.78, 5) is 0. The van der Waals surface area contributed by atoms with Crippen molar-refractivity contribution >= 4 is 10.0 Å². The lowest BCUT2D eigenvalue weighted by atomic mass is 10.1. The Morgan fingerprint density at radius 1 is 1.47 bits per heavy atom. The third-order valence-electron chi connectivity index (χ3n) is 2.90. The molecule has 0 aromatic rings. The fourth-order valence-electron chi connectivity index (χ4n) is 2.03. The molecular weight excluding hydrogens is 240 g/mol. The van der Waals surface area contributed by atoms with Crippen LogP contribution in [0.5, 0.6) is 0 Å². The molecule has 2 N–H and O–H groups in total. The van der Waals surface area contributed by atoms with Crippen LogP contribution in [-0.4, -0.2) is 55.9 Å². The molecule has 1 aliphatic rings. The van der Waals surface area contributed by atoms with Crippen LogP contribution in [0.1, 0.15) is 19.3 Å². The van der Waals surface area contributed by atoms with E-state index in [1.807, 2.05) is 0 Å². The van der Waals surface area contributed by atoms with Gasteiger partial charge in [-0.2, -0.15) is 4.31 Å². The number of aliphatic hydroxyl groups excluding tert-OH is 1. The molecule has 5 nitrogen and oxygen atoms in total. The average molecular weight is 262 g/mol. The average Bonchev–Trinajstić information content (AvgIpc) is 2.29. The minimum Gasteiger partial charge on any atom is -0.395 e. The molecule has 1 heterocycles. The summed E-state index contributed by atoms with van der Waals surface area (Å²) in [6.07, 6.45) is 4.64. The van der Waals surface area contributed by atoms with Crippen molar-refractivity contribution in [1.82, 2.24) is 9.62 Å². The van der Waals surface area contributed by atoms with Gasteiger partial charge in [0.25, 0.3) is 0 Å². The van der Waals surface area contributed by atoms with Crippen molar-refractivity contribution in [2.24, 2.45) is 0 Å². The molecule has 0 aromatic heterocycles. The van der Waals surface area contributed by atoms with Crippen molar-refractivity contribution in [3.63, 3.8) is 0 Å². The molecule has 0 aromatic carbocycles. The van der Waals surface area contributed by atoms with Crippen LogP contribution < -0.4 is 5.32 Å². The van der Waals surface area contributed by atoms with Gasteiger partial charge in [0.2, 0.25) is 10.0 Å². The number of nitrogens with one attached hydrogen (secondary N) is 1. The fourth-order valence-corrected chi connectivity index (χ4v) is 3.72. The number of rotatable bonds is 7. The Morgan fingerprint density at radius 3 is 2.76 bits per heavy atom. The van der Waals surface area contributed by atoms with Crippen molar-refractivity contribution < 1.29 is 13.5 Å². The van der Waals surface area contributed by atoms with Gasteiger partial charge in [0.1, 0.15) is 0 Å². The van der Waals surface area contributed by atoms with E-state index in [1.54, 1.807) is 6.08 Å². The first-order valence-electron chi connectivity index (χ1n) is 6.03. The van der Waals surface area contributed by atoms with Crippen molar-refractivity contribution in [3.05, 3.63) is 12.7 Å². The summed E-state index contributed by atoms with van der Waals surface area (Å²) in [5.41, 5.74) is 0. The molecule has 1 unspecified atom stereocenters. The SMILES string of the molecule is C=CCN(CCO)S(=O)(=O)CC1CCCCN1. The van der Waals surface area contributed by atoms with E-state index in [0.29, 0.717) is 0 Å². The van der Waals surface area contributed by atoms with E-state index in [-0.39, 0.29) is 31.5 Å². The first-order valence-corrected chi connectivity index (χ1v) is 7.64. The smallest absolute Gasteiger partial charge is 0.215 e. The Morgan fingerprint density at radius 2 is 2.24 bits per heavy atom. The minimum absolute atomic E-state index is 0.0414. The second-order valence-corrected chi connectivity index (χ2v) is 6.31. The second kappa shape index (κ2) is 7.10. The predicted molar refractivity (Wildman–Crippen MR) is 68.3 cm³/mol. The van der Waals surface area contributed by atoms with Crippen LogP contribution in [0.2, 0.25) is 0 Å². The van der Waals surface area contributed by atoms with E-state index in [0.717, 1.165) is 25.8 Å². The Balaban J connectivity index is 2.59. The fraction of sp³-hybridized carbons (Fsp3) is 0.818. The van der Waals surface area contributed by atoms with Crippen molar-refractivity contribution in [3.8, 4) is 0 Å². The van der Waals surface area contributed by atoms with E-state index in [1.165, 1.54) is 4.31 Å². The molecule has 0 bridgehead atoms. The summed E-state index contributed by atoms with van der Waals surface area (Å²) >= 11 is 0. The normalized spacial score (nSPS) is 21.6. The Kier molecular flexibility index (Phi) is 6.11. The van der Waals surface area contributed by atoms with Crippen LogP contribution in [0, 0.1) is 0 Å². The number of sulfonamides is 1. The van der Waals surface area contributed by atoms with Gasteiger partial charge in [-0.15, -0.1) is 6.58 Å². The highest BCUT2D eigenvalue weighted by Crippen LogP contribution is 2.11. The number of aliphatic hydroxyl groups is 1. The molecule has 1 saturated heterocycles. The molecule has 17 heavy (non-hydrogen) atoms. The third kappa shape index (κ3) is 4.75. The van der Waals surface area contributed by atoms with Gasteiger partial charge in [-0.05, 0) is 19.4 Å². The molecule has 0 aliphatic carbocycles. The monoisotopic (exact) mass is 262 g/mol. The van der Waals surface area contributed by atoms with Gasteiger partial charge in [0, 0.05) is 19.1 Å². The zero-order valence-corrected chi connectivity index (χ0v) is 11.0. The third-order valence-corrected chi connectivity index (χ3v) is 4.84. The van der Waals surface area contributed by atoms with E-state index in [4.69, 9.17) is 5.11 Å². The topological polar surface area (TPSA) is 69.6 Å². The Labute approximate surface area is 104 Å². The maximum absolute atomic E-state index is 12.1. The summed E-state index contributed by atoms with van der Waals surface area (Å²) < 4.78 is 25.5. The molecule has 0 spiro atoms. The highest BCUT2D eigenvalue weighted by atomic mass is 32.2. The van der Waals surface area contributed by atoms with Crippen LogP contribution in [-0.2, 0) is 10.0 Å². The van der Waals surface area contributed by atoms with Gasteiger partial charge >= 0.3 is 0 Å². The molecule has 1 fully saturated rings. The van der Waals surface area contributed by atoms with E-state index >= 15 is 0 Å². The largest absolute Gasteiger partial charge is 0.395 e. The van der Waals surface area contributed by atoms with Crippen molar-refractivity contribution in [2.45, 2.75) is 25.3 Å². The van der Waals surface area contributed by atoms with E-state index in [9.17, 15) is 8.42 Å². The van der Waals surface area contributed by atoms with E-state index < -0.39 is 10.0 Å². The maximum atomic E-state index is 12.1. The Bertz CT molecular complexity index is 324. The molecular formula is C11H22N2O3S. The standard InChI is InChI=1S/C11H22N2O3S/c1-2-7-13(8-9-14)17(15,16)10-11-5-3-4-6-12-11/h2,11-12,14H,1,3-10H2. The first kappa shape index (κ1) is 14.6. The summed E-state index contributed by atoms with van der Waals surface area (Å²) in [6.45, 7) is 4.67. The summed E-state index contributed by atoms with van der Waals surface area (Å²) in [5.74, 6) is 0.112. The highest BCUT2D eigenvalue weighted by Gasteiger charge is 2.25. The van der Waals surface area contributed by atoms with Gasteiger partial charge < -0.3 is 10.4 Å². The van der Waals surface area contributed by atoms with Gasteiger partial charge in [-0.25, -0.2) is 8.42 Å². The molecule has 0 saturated carbocycles. The lowest BCUT2D eigenvalue weighted by molar-refractivity contribution is 0.259. The maximum Gasteiger partial charge on any atom is 0.215 e. The van der Waals surface area contributed by atoms with Crippen LogP contribution in [0.15, 0.2) is 12.7 Å². The molecule has 1 rings (SSSR count). The zero-order chi connectivity index (χ0) is 12.7. The molecule has 0 radical (unpaired) electrons. The van der Waals surface area contributed by atoms with Crippen LogP contribution >= 0.6 is 0 Å². The van der Waals surface area contributed by atoms with Crippen LogP contribution in [0.4, 0.5) is 0 Å². The first-order chi connectivity index (χ1) is 8.10. The molecule has 0 amide bonds. The molecule has 1 atom stereocenters. The van der Waals surface area contributed by atoms with Crippen molar-refractivity contribution in [1.29, 1.82) is 0 Å². The van der Waals surface area contributed by atoms with Gasteiger partial charge in [-0.1, -0.05) is 12.5 Å². The quantitative estimate of drug-likeness (QED) is 0.631. The van der Waals surface area contributed by atoms with Gasteiger partial charge in [0.05, 0.1) is 12.4 Å². The van der Waals surface area contributed by atoms with Gasteiger partial charge in [-0.3, -0.25) is 0 Å². The number of hydrogen-bond acceptors (Lipinski definition) is 4. The lowest BCUT2D eigenvalue weighted by Gasteiger charge is -2.26. The second-order valence-electron chi connectivity index (χ2n) is 4.30. The number of piperidine rings is 1. The summed E-state index contributed by atoms with van der Waals surface area (Å²) in [7, 11) is -3.31. The molecule has 6 heteroatoms. The number of hydrogen-bond donors (Lipinski definition) is 2. The Hall–Kier alpha value is -0.430. The zero-order valence-electron chi connectivity index (χ0n) is 10.1. The molecule has 100 valence electrons. The highest BCUT2D eigenvalue weighted by molar-refractivity contribution is 7.89. The summed E-state index contributed by atoms with van der Waals surface area (Å²) in [5, 5.41) is 12.1. The molecule has 1 aliphatic heterocycles. The summed E-state index contributed by atoms with van der Waals surface area (Å²) in [6, 6.07) is 0.0414. The predicted octanol–water partition coefficient (Wildman–Crippen LogP) is -0.0614. The number of nitrogens with zero attached hydrogens (tertiary/aromatic N) is 1.